The highest BCUT2D eigenvalue weighted by Crippen LogP contribution is 2.27. The lowest BCUT2D eigenvalue weighted by molar-refractivity contribution is -0.123. The van der Waals surface area contributed by atoms with Crippen LogP contribution in [-0.2, 0) is 4.79 Å². The Morgan fingerprint density at radius 2 is 2.05 bits per heavy atom. The summed E-state index contributed by atoms with van der Waals surface area (Å²) in [5, 5.41) is 20.4. The van der Waals surface area contributed by atoms with Crippen LogP contribution in [0.2, 0.25) is 0 Å². The number of amides is 1. The summed E-state index contributed by atoms with van der Waals surface area (Å²) >= 11 is 1.08. The summed E-state index contributed by atoms with van der Waals surface area (Å²) in [6.07, 6.45) is 0. The van der Waals surface area contributed by atoms with Crippen molar-refractivity contribution in [1.82, 2.24) is 5.32 Å². The Bertz CT molecular complexity index is 656. The fourth-order valence-corrected chi connectivity index (χ4v) is 2.38. The summed E-state index contributed by atoms with van der Waals surface area (Å²) in [5.74, 6) is 4.42. The minimum atomic E-state index is -1.06. The number of carboxylic acid groups (broad SMARTS) is 1. The van der Waals surface area contributed by atoms with E-state index in [0.29, 0.717) is 16.0 Å². The van der Waals surface area contributed by atoms with Crippen LogP contribution in [0.4, 0.5) is 0 Å². The van der Waals surface area contributed by atoms with Crippen LogP contribution in [-0.4, -0.2) is 35.2 Å². The van der Waals surface area contributed by atoms with Crippen molar-refractivity contribution in [1.29, 1.82) is 0 Å². The number of aliphatic hydroxyl groups excluding tert-OH is 1. The van der Waals surface area contributed by atoms with Gasteiger partial charge >= 0.3 is 5.97 Å². The van der Waals surface area contributed by atoms with Crippen LogP contribution in [0.1, 0.15) is 40.9 Å². The van der Waals surface area contributed by atoms with Crippen molar-refractivity contribution in [3.8, 4) is 11.8 Å². The van der Waals surface area contributed by atoms with Crippen molar-refractivity contribution in [3.05, 3.63) is 28.0 Å². The molecule has 0 aliphatic heterocycles. The van der Waals surface area contributed by atoms with Gasteiger partial charge in [-0.15, -0.1) is 11.3 Å². The molecule has 0 radical (unpaired) electrons. The molecule has 118 valence electrons. The molecular weight excluding hydrogens is 302 g/mol. The highest BCUT2D eigenvalue weighted by Gasteiger charge is 2.17. The van der Waals surface area contributed by atoms with E-state index >= 15 is 0 Å². The number of aromatic carboxylic acids is 1. The summed E-state index contributed by atoms with van der Waals surface area (Å²) in [7, 11) is 0. The van der Waals surface area contributed by atoms with Gasteiger partial charge in [0, 0.05) is 17.5 Å². The number of hydrogen-bond donors (Lipinski definition) is 3. The van der Waals surface area contributed by atoms with Gasteiger partial charge in [-0.25, -0.2) is 4.79 Å². The van der Waals surface area contributed by atoms with E-state index in [1.54, 1.807) is 6.07 Å². The van der Waals surface area contributed by atoms with Crippen molar-refractivity contribution >= 4 is 28.8 Å². The molecule has 0 atom stereocenters. The maximum absolute atomic E-state index is 11.3. The third kappa shape index (κ3) is 5.35. The standard InChI is InChI=1S/C16H19NO4S/c1-10(8-17-13(19)9-18)12-7-11(5-6-16(2,3)4)22-14(12)15(20)21/h7,18H,1,8-9H2,2-4H3,(H,17,19)(H,20,21). The normalized spacial score (nSPS) is 10.5. The number of carboxylic acids is 1. The zero-order valence-corrected chi connectivity index (χ0v) is 13.6. The van der Waals surface area contributed by atoms with Crippen molar-refractivity contribution in [3.63, 3.8) is 0 Å². The maximum atomic E-state index is 11.3. The largest absolute Gasteiger partial charge is 0.477 e. The van der Waals surface area contributed by atoms with Gasteiger partial charge in [0.2, 0.25) is 5.91 Å². The Kier molecular flexibility index (Phi) is 5.92. The maximum Gasteiger partial charge on any atom is 0.346 e. The molecule has 0 saturated heterocycles. The lowest BCUT2D eigenvalue weighted by Gasteiger charge is -2.06. The van der Waals surface area contributed by atoms with E-state index in [2.05, 4.69) is 23.7 Å². The number of thiophene rings is 1. The fourth-order valence-electron chi connectivity index (χ4n) is 1.48. The number of hydrogen-bond acceptors (Lipinski definition) is 4. The van der Waals surface area contributed by atoms with Crippen LogP contribution in [0, 0.1) is 17.3 Å². The number of rotatable bonds is 5. The van der Waals surface area contributed by atoms with Gasteiger partial charge in [0.25, 0.3) is 0 Å². The molecule has 1 aromatic heterocycles. The molecule has 0 bridgehead atoms. The molecule has 0 aliphatic carbocycles. The smallest absolute Gasteiger partial charge is 0.346 e. The van der Waals surface area contributed by atoms with Gasteiger partial charge in [0.15, 0.2) is 0 Å². The predicted octanol–water partition coefficient (Wildman–Crippen LogP) is 1.97. The van der Waals surface area contributed by atoms with Crippen LogP contribution in [0.5, 0.6) is 0 Å². The monoisotopic (exact) mass is 321 g/mol. The predicted molar refractivity (Wildman–Crippen MR) is 86.7 cm³/mol. The molecule has 3 N–H and O–H groups in total. The van der Waals surface area contributed by atoms with Gasteiger partial charge in [0.1, 0.15) is 11.5 Å². The van der Waals surface area contributed by atoms with Crippen molar-refractivity contribution < 1.29 is 19.8 Å². The van der Waals surface area contributed by atoms with Crippen LogP contribution >= 0.6 is 11.3 Å². The zero-order valence-electron chi connectivity index (χ0n) is 12.8. The Morgan fingerprint density at radius 1 is 1.41 bits per heavy atom. The molecule has 1 aromatic rings. The lowest BCUT2D eigenvalue weighted by atomic mass is 9.98. The Labute approximate surface area is 133 Å². The Hall–Kier alpha value is -2.10. The van der Waals surface area contributed by atoms with Crippen LogP contribution in [0.3, 0.4) is 0 Å². The van der Waals surface area contributed by atoms with E-state index in [4.69, 9.17) is 5.11 Å². The Balaban J connectivity index is 3.05. The molecule has 22 heavy (non-hydrogen) atoms. The fraction of sp³-hybridized carbons (Fsp3) is 0.375. The minimum absolute atomic E-state index is 0.0720. The quantitative estimate of drug-likeness (QED) is 0.724. The Morgan fingerprint density at radius 3 is 2.55 bits per heavy atom. The molecule has 0 spiro atoms. The minimum Gasteiger partial charge on any atom is -0.477 e. The van der Waals surface area contributed by atoms with E-state index < -0.39 is 18.5 Å². The van der Waals surface area contributed by atoms with E-state index in [0.717, 1.165) is 11.3 Å². The van der Waals surface area contributed by atoms with Crippen LogP contribution in [0.15, 0.2) is 12.6 Å². The second kappa shape index (κ2) is 7.25. The molecule has 6 heteroatoms. The van der Waals surface area contributed by atoms with Gasteiger partial charge in [-0.05, 0) is 32.4 Å². The van der Waals surface area contributed by atoms with Gasteiger partial charge < -0.3 is 15.5 Å². The number of aliphatic hydroxyl groups is 1. The first kappa shape index (κ1) is 18.0. The van der Waals surface area contributed by atoms with E-state index in [9.17, 15) is 14.7 Å². The second-order valence-corrected chi connectivity index (χ2v) is 6.75. The first-order valence-corrected chi connectivity index (χ1v) is 7.41. The molecule has 0 fully saturated rings. The van der Waals surface area contributed by atoms with Gasteiger partial charge in [-0.2, -0.15) is 0 Å². The third-order valence-corrected chi connectivity index (χ3v) is 3.55. The van der Waals surface area contributed by atoms with Crippen LogP contribution in [0.25, 0.3) is 5.57 Å². The number of nitrogens with one attached hydrogen (secondary N) is 1. The van der Waals surface area contributed by atoms with Crippen molar-refractivity contribution in [2.24, 2.45) is 5.41 Å². The van der Waals surface area contributed by atoms with E-state index in [1.807, 2.05) is 20.8 Å². The van der Waals surface area contributed by atoms with Crippen molar-refractivity contribution in [2.75, 3.05) is 13.2 Å². The summed E-state index contributed by atoms with van der Waals surface area (Å²) < 4.78 is 0. The van der Waals surface area contributed by atoms with Crippen LogP contribution < -0.4 is 5.32 Å². The second-order valence-electron chi connectivity index (χ2n) is 5.70. The average molecular weight is 321 g/mol. The highest BCUT2D eigenvalue weighted by atomic mass is 32.1. The summed E-state index contributed by atoms with van der Waals surface area (Å²) in [6, 6.07) is 1.67. The molecule has 5 nitrogen and oxygen atoms in total. The topological polar surface area (TPSA) is 86.6 Å². The molecule has 1 amide bonds. The highest BCUT2D eigenvalue weighted by molar-refractivity contribution is 7.14. The average Bonchev–Trinajstić information content (AvgIpc) is 2.86. The molecule has 1 rings (SSSR count). The lowest BCUT2D eigenvalue weighted by Crippen LogP contribution is -2.27. The molecule has 0 saturated carbocycles. The first-order chi connectivity index (χ1) is 10.1. The van der Waals surface area contributed by atoms with E-state index in [-0.39, 0.29) is 16.8 Å². The molecule has 0 unspecified atom stereocenters. The summed E-state index contributed by atoms with van der Waals surface area (Å²) in [4.78, 5) is 23.2. The number of carbonyl (C=O) groups excluding carboxylic acids is 1. The zero-order chi connectivity index (χ0) is 16.9. The summed E-state index contributed by atoms with van der Waals surface area (Å²) in [6.45, 7) is 9.15. The SMILES string of the molecule is C=C(CNC(=O)CO)c1cc(C#CC(C)(C)C)sc1C(=O)O. The third-order valence-electron chi connectivity index (χ3n) is 2.51. The molecule has 1 heterocycles. The van der Waals surface area contributed by atoms with Gasteiger partial charge in [-0.3, -0.25) is 4.79 Å². The molecular formula is C16H19NO4S. The van der Waals surface area contributed by atoms with Gasteiger partial charge in [0.05, 0.1) is 4.88 Å². The molecule has 0 aliphatic rings. The van der Waals surface area contributed by atoms with Crippen molar-refractivity contribution in [2.45, 2.75) is 20.8 Å². The summed E-state index contributed by atoms with van der Waals surface area (Å²) in [5.41, 5.74) is 0.729. The first-order valence-electron chi connectivity index (χ1n) is 6.60. The van der Waals surface area contributed by atoms with E-state index in [1.165, 1.54) is 0 Å². The molecule has 0 aromatic carbocycles. The number of carbonyl (C=O) groups is 2. The van der Waals surface area contributed by atoms with Gasteiger partial charge in [-0.1, -0.05) is 18.4 Å².